The number of halogens is 1. The van der Waals surface area contributed by atoms with Gasteiger partial charge in [-0.1, -0.05) is 18.2 Å². The molecule has 75 heavy (non-hydrogen) atoms. The third-order valence-corrected chi connectivity index (χ3v) is 17.7. The van der Waals surface area contributed by atoms with E-state index in [-0.39, 0.29) is 79.7 Å². The number of fused-ring (bicyclic) bond motifs is 3. The van der Waals surface area contributed by atoms with Crippen LogP contribution in [0.1, 0.15) is 101 Å². The maximum absolute atomic E-state index is 15.4. The van der Waals surface area contributed by atoms with Gasteiger partial charge in [-0.2, -0.15) is 4.98 Å². The van der Waals surface area contributed by atoms with Crippen molar-refractivity contribution in [2.75, 3.05) is 74.3 Å². The molecule has 0 unspecified atom stereocenters. The number of anilines is 4. The monoisotopic (exact) mass is 1050 g/mol. The van der Waals surface area contributed by atoms with Crippen LogP contribution in [-0.2, 0) is 24.2 Å². The van der Waals surface area contributed by atoms with Crippen LogP contribution in [-0.4, -0.2) is 129 Å². The van der Waals surface area contributed by atoms with Crippen molar-refractivity contribution >= 4 is 55.4 Å². The van der Waals surface area contributed by atoms with Gasteiger partial charge in [0.05, 0.1) is 58.1 Å². The van der Waals surface area contributed by atoms with Gasteiger partial charge in [-0.25, -0.2) is 17.5 Å². The molecule has 7 heterocycles. The fourth-order valence-corrected chi connectivity index (χ4v) is 13.1. The topological polar surface area (TPSA) is 203 Å². The average molecular weight is 1050 g/mol. The lowest BCUT2D eigenvalue weighted by atomic mass is 9.59. The largest absolute Gasteiger partial charge is 0.491 e. The summed E-state index contributed by atoms with van der Waals surface area (Å²) in [4.78, 5) is 40.9. The predicted octanol–water partition coefficient (Wildman–Crippen LogP) is 8.99. The number of nitrogens with zero attached hydrogens (tertiary/aromatic N) is 5. The Kier molecular flexibility index (Phi) is 13.7. The molecule has 18 nitrogen and oxygen atoms in total. The first-order valence-corrected chi connectivity index (χ1v) is 27.9. The van der Waals surface area contributed by atoms with E-state index < -0.39 is 43.2 Å². The second kappa shape index (κ2) is 20.1. The fraction of sp³-hybridized carbons (Fsp3) is 0.527. The zero-order valence-electron chi connectivity index (χ0n) is 43.0. The number of alkyl halides is 1. The van der Waals surface area contributed by atoms with Crippen molar-refractivity contribution in [3.8, 4) is 11.6 Å². The van der Waals surface area contributed by atoms with Gasteiger partial charge >= 0.3 is 0 Å². The number of aromatic nitrogens is 2. The van der Waals surface area contributed by atoms with Gasteiger partial charge < -0.3 is 43.8 Å². The molecule has 3 N–H and O–H groups in total. The first-order valence-electron chi connectivity index (χ1n) is 26.4. The highest BCUT2D eigenvalue weighted by molar-refractivity contribution is 7.90. The smallest absolute Gasteiger partial charge is 0.293 e. The molecule has 3 aromatic carbocycles. The van der Waals surface area contributed by atoms with Gasteiger partial charge in [0.2, 0.25) is 5.88 Å². The zero-order valence-corrected chi connectivity index (χ0v) is 43.8. The van der Waals surface area contributed by atoms with Crippen LogP contribution in [0.5, 0.6) is 11.6 Å². The van der Waals surface area contributed by atoms with Crippen molar-refractivity contribution in [2.45, 2.75) is 126 Å². The number of para-hydroxylation sites is 1. The second-order valence-corrected chi connectivity index (χ2v) is 23.9. The Labute approximate surface area is 436 Å². The summed E-state index contributed by atoms with van der Waals surface area (Å²) in [6.07, 6.45) is 7.22. The lowest BCUT2D eigenvalue weighted by Gasteiger charge is -2.56. The normalized spacial score (nSPS) is 23.6. The number of amides is 1. The summed E-state index contributed by atoms with van der Waals surface area (Å²) in [7, 11) is -4.70. The minimum absolute atomic E-state index is 0.0454. The molecule has 4 saturated heterocycles. The third kappa shape index (κ3) is 10.4. The minimum Gasteiger partial charge on any atom is -0.491 e. The number of carbonyl (C=O) groups excluding carboxylic acids is 1. The van der Waals surface area contributed by atoms with Crippen LogP contribution in [0.15, 0.2) is 83.9 Å². The highest BCUT2D eigenvalue weighted by Gasteiger charge is 2.51. The van der Waals surface area contributed by atoms with Gasteiger partial charge in [0.25, 0.3) is 21.6 Å². The standard InChI is InChI=1S/C55H67FN8O10S/c1-35(2)73-48-8-6-5-7-40(48)47-32-72-53(3,4)15-23-62(47)38-30-54(31-38)16-21-61(22-17-54)37-9-11-41(44(28-37)63-43-14-24-71-33-49(43)74-52-46(63)27-36-13-20-57-50(36)59-52)51(65)60-75(68,69)39-10-12-42(45(29-39)64(66)67)58-34-55(56)18-25-70-26-19-55/h5-13,20,27-29,35,38,43,47,49,58H,14-19,21-26,30-34H2,1-4H3,(H,57,59)(H,60,65)/t43-,47-,49-/m0/s1. The molecule has 5 aliphatic heterocycles. The molecule has 2 aromatic heterocycles. The van der Waals surface area contributed by atoms with E-state index >= 15 is 4.39 Å². The molecule has 6 aliphatic rings. The quantitative estimate of drug-likeness (QED) is 0.0744. The lowest BCUT2D eigenvalue weighted by molar-refractivity contribution is -0.384. The molecule has 11 rings (SSSR count). The van der Waals surface area contributed by atoms with E-state index in [1.165, 1.54) is 17.7 Å². The van der Waals surface area contributed by atoms with Crippen molar-refractivity contribution in [2.24, 2.45) is 5.41 Å². The number of carbonyl (C=O) groups is 1. The maximum atomic E-state index is 15.4. The first kappa shape index (κ1) is 51.1. The highest BCUT2D eigenvalue weighted by atomic mass is 32.2. The Balaban J connectivity index is 0.872. The predicted molar refractivity (Wildman–Crippen MR) is 282 cm³/mol. The van der Waals surface area contributed by atoms with Crippen LogP contribution in [0.25, 0.3) is 11.0 Å². The number of ether oxygens (including phenoxy) is 5. The van der Waals surface area contributed by atoms with Crippen LogP contribution in [0.3, 0.4) is 0 Å². The first-order chi connectivity index (χ1) is 36.0. The van der Waals surface area contributed by atoms with Gasteiger partial charge in [-0.05, 0) is 120 Å². The Morgan fingerprint density at radius 2 is 1.73 bits per heavy atom. The summed E-state index contributed by atoms with van der Waals surface area (Å²) in [6, 6.07) is 21.2. The summed E-state index contributed by atoms with van der Waals surface area (Å²) >= 11 is 0. The number of piperidine rings is 1. The number of sulfonamides is 1. The van der Waals surface area contributed by atoms with Crippen LogP contribution < -0.4 is 29.3 Å². The Morgan fingerprint density at radius 3 is 2.51 bits per heavy atom. The molecule has 0 bridgehead atoms. The van der Waals surface area contributed by atoms with Crippen LogP contribution in [0, 0.1) is 15.5 Å². The molecule has 3 atom stereocenters. The molecule has 1 spiro atoms. The number of aromatic amines is 1. The Hall–Kier alpha value is -6.06. The van der Waals surface area contributed by atoms with Gasteiger partial charge in [0.1, 0.15) is 34.5 Å². The molecule has 1 amide bonds. The molecular formula is C55H67FN8O10S. The Morgan fingerprint density at radius 1 is 0.947 bits per heavy atom. The molecular weight excluding hydrogens is 984 g/mol. The van der Waals surface area contributed by atoms with E-state index in [0.29, 0.717) is 48.6 Å². The van der Waals surface area contributed by atoms with Crippen molar-refractivity contribution in [3.63, 3.8) is 0 Å². The van der Waals surface area contributed by atoms with Crippen LogP contribution >= 0.6 is 0 Å². The molecule has 0 radical (unpaired) electrons. The third-order valence-electron chi connectivity index (χ3n) is 16.4. The van der Waals surface area contributed by atoms with E-state index in [4.69, 9.17) is 28.7 Å². The van der Waals surface area contributed by atoms with E-state index in [9.17, 15) is 23.3 Å². The fourth-order valence-electron chi connectivity index (χ4n) is 12.1. The van der Waals surface area contributed by atoms with Gasteiger partial charge in [0, 0.05) is 93.8 Å². The number of hydrogen-bond donors (Lipinski definition) is 3. The van der Waals surface area contributed by atoms with Gasteiger partial charge in [0.15, 0.2) is 0 Å². The van der Waals surface area contributed by atoms with Crippen LogP contribution in [0.4, 0.5) is 32.8 Å². The summed E-state index contributed by atoms with van der Waals surface area (Å²) in [5, 5.41) is 16.0. The summed E-state index contributed by atoms with van der Waals surface area (Å²) < 4.78 is 76.6. The molecule has 1 aliphatic carbocycles. The number of benzene rings is 3. The number of pyridine rings is 1. The maximum Gasteiger partial charge on any atom is 0.293 e. The number of nitrogens with one attached hydrogen (secondary N) is 3. The molecule has 400 valence electrons. The second-order valence-electron chi connectivity index (χ2n) is 22.2. The molecule has 5 fully saturated rings. The molecule has 5 aromatic rings. The van der Waals surface area contributed by atoms with E-state index in [0.717, 1.165) is 74.6 Å². The Bertz CT molecular complexity index is 3060. The zero-order chi connectivity index (χ0) is 52.3. The SMILES string of the molecule is CC(C)Oc1ccccc1[C@@H]1COC(C)(C)CCN1C1CC2(CCN(c3ccc(C(=O)NS(=O)(=O)c4ccc(NCC5(F)CCOCC5)c([N+](=O)[O-])c4)c(N4c5cc6cc[nH]c6nc5O[C@H]5COCC[C@@H]54)c3)CC2)C1. The number of nitro groups is 1. The van der Waals surface area contributed by atoms with Crippen molar-refractivity contribution in [1.82, 2.24) is 19.6 Å². The lowest BCUT2D eigenvalue weighted by Crippen LogP contribution is -2.56. The van der Waals surface area contributed by atoms with Crippen molar-refractivity contribution in [1.29, 1.82) is 0 Å². The van der Waals surface area contributed by atoms with E-state index in [2.05, 4.69) is 70.7 Å². The van der Waals surface area contributed by atoms with Crippen LogP contribution in [0.2, 0.25) is 0 Å². The minimum atomic E-state index is -4.70. The molecule has 1 saturated carbocycles. The van der Waals surface area contributed by atoms with Crippen molar-refractivity contribution in [3.05, 3.63) is 100 Å². The van der Waals surface area contributed by atoms with Gasteiger partial charge in [-0.3, -0.25) is 19.8 Å². The van der Waals surface area contributed by atoms with Crippen molar-refractivity contribution < 1.29 is 46.2 Å². The number of hydrogen-bond acceptors (Lipinski definition) is 15. The van der Waals surface area contributed by atoms with Gasteiger partial charge in [-0.15, -0.1) is 0 Å². The van der Waals surface area contributed by atoms with E-state index in [1.807, 2.05) is 35.2 Å². The molecule has 20 heteroatoms. The summed E-state index contributed by atoms with van der Waals surface area (Å²) in [6.45, 7) is 12.5. The average Bonchev–Trinajstić information content (AvgIpc) is 3.78. The van der Waals surface area contributed by atoms with E-state index in [1.54, 1.807) is 12.3 Å². The summed E-state index contributed by atoms with van der Waals surface area (Å²) in [5.41, 5.74) is 1.48. The number of H-pyrrole nitrogens is 1. The summed E-state index contributed by atoms with van der Waals surface area (Å²) in [5.74, 6) is 0.323. The highest BCUT2D eigenvalue weighted by Crippen LogP contribution is 2.54. The number of nitro benzene ring substituents is 1. The number of rotatable bonds is 13.